The molecule has 0 bridgehead atoms. The van der Waals surface area contributed by atoms with Gasteiger partial charge in [-0.1, -0.05) is 166 Å². The first-order chi connectivity index (χ1) is 32.1. The number of nitrogens with one attached hydrogen (secondary N) is 1. The molecule has 12 atom stereocenters. The summed E-state index contributed by atoms with van der Waals surface area (Å²) in [5, 5.41) is 86.7. The summed E-state index contributed by atoms with van der Waals surface area (Å²) in [6.45, 7) is 2.75. The maximum absolute atomic E-state index is 13.2. The van der Waals surface area contributed by atoms with Crippen molar-refractivity contribution in [2.75, 3.05) is 19.8 Å². The summed E-state index contributed by atoms with van der Waals surface area (Å²) < 4.78 is 22.7. The topological polar surface area (TPSA) is 228 Å². The fourth-order valence-electron chi connectivity index (χ4n) is 8.48. The maximum atomic E-state index is 13.2. The van der Waals surface area contributed by atoms with Crippen molar-refractivity contribution < 1.29 is 64.6 Å². The highest BCUT2D eigenvalue weighted by Crippen LogP contribution is 2.30. The van der Waals surface area contributed by atoms with Crippen LogP contribution in [0.3, 0.4) is 0 Å². The number of hydrogen-bond donors (Lipinski definition) is 9. The van der Waals surface area contributed by atoms with Crippen molar-refractivity contribution in [3.8, 4) is 0 Å². The lowest BCUT2D eigenvalue weighted by Crippen LogP contribution is -2.65. The Balaban J connectivity index is 1.86. The minimum Gasteiger partial charge on any atom is -0.394 e. The predicted octanol–water partition coefficient (Wildman–Crippen LogP) is 7.10. The molecule has 66 heavy (non-hydrogen) atoms. The highest BCUT2D eigenvalue weighted by molar-refractivity contribution is 5.76. The van der Waals surface area contributed by atoms with Crippen LogP contribution in [0.4, 0.5) is 0 Å². The zero-order valence-corrected chi connectivity index (χ0v) is 40.9. The fraction of sp³-hybridized carbons (Fsp3) is 0.865. The molecule has 386 valence electrons. The van der Waals surface area contributed by atoms with Crippen LogP contribution >= 0.6 is 0 Å². The third kappa shape index (κ3) is 25.7. The molecule has 0 aromatic carbocycles. The summed E-state index contributed by atoms with van der Waals surface area (Å²) in [7, 11) is 0. The molecule has 2 fully saturated rings. The zero-order valence-electron chi connectivity index (χ0n) is 40.9. The van der Waals surface area contributed by atoms with Crippen LogP contribution in [0.25, 0.3) is 0 Å². The molecule has 2 rings (SSSR count). The summed E-state index contributed by atoms with van der Waals surface area (Å²) >= 11 is 0. The van der Waals surface area contributed by atoms with E-state index in [1.54, 1.807) is 6.08 Å². The maximum Gasteiger partial charge on any atom is 0.220 e. The van der Waals surface area contributed by atoms with Crippen LogP contribution in [0, 0.1) is 0 Å². The lowest BCUT2D eigenvalue weighted by molar-refractivity contribution is -0.359. The molecule has 0 aliphatic carbocycles. The fourth-order valence-corrected chi connectivity index (χ4v) is 8.48. The Labute approximate surface area is 398 Å². The number of carbonyl (C=O) groups is 1. The number of rotatable bonds is 40. The van der Waals surface area contributed by atoms with Crippen LogP contribution in [-0.4, -0.2) is 140 Å². The quantitative estimate of drug-likeness (QED) is 0.0221. The molecule has 1 amide bonds. The number of aliphatic hydroxyl groups excluding tert-OH is 8. The van der Waals surface area contributed by atoms with Crippen molar-refractivity contribution in [2.45, 2.75) is 267 Å². The van der Waals surface area contributed by atoms with Crippen molar-refractivity contribution >= 4 is 5.91 Å². The van der Waals surface area contributed by atoms with E-state index in [4.69, 9.17) is 18.9 Å². The van der Waals surface area contributed by atoms with Gasteiger partial charge in [0.15, 0.2) is 12.6 Å². The van der Waals surface area contributed by atoms with E-state index >= 15 is 0 Å². The van der Waals surface area contributed by atoms with Crippen LogP contribution in [0.15, 0.2) is 36.5 Å². The van der Waals surface area contributed by atoms with Gasteiger partial charge < -0.3 is 65.1 Å². The molecule has 2 aliphatic heterocycles. The van der Waals surface area contributed by atoms with E-state index in [1.165, 1.54) is 122 Å². The third-order valence-corrected chi connectivity index (χ3v) is 12.8. The predicted molar refractivity (Wildman–Crippen MR) is 258 cm³/mol. The van der Waals surface area contributed by atoms with Crippen LogP contribution in [-0.2, 0) is 23.7 Å². The summed E-state index contributed by atoms with van der Waals surface area (Å²) in [4.78, 5) is 13.2. The molecule has 0 aromatic heterocycles. The third-order valence-electron chi connectivity index (χ3n) is 12.8. The number of aliphatic hydroxyl groups is 8. The number of allylic oxidation sites excluding steroid dienone is 5. The number of amides is 1. The van der Waals surface area contributed by atoms with Crippen LogP contribution in [0.5, 0.6) is 0 Å². The average molecular weight is 942 g/mol. The molecule has 9 N–H and O–H groups in total. The van der Waals surface area contributed by atoms with Crippen molar-refractivity contribution in [1.29, 1.82) is 0 Å². The zero-order chi connectivity index (χ0) is 48.2. The van der Waals surface area contributed by atoms with Crippen LogP contribution in [0.2, 0.25) is 0 Å². The van der Waals surface area contributed by atoms with Gasteiger partial charge >= 0.3 is 0 Å². The van der Waals surface area contributed by atoms with Crippen molar-refractivity contribution in [2.24, 2.45) is 0 Å². The second-order valence-corrected chi connectivity index (χ2v) is 18.6. The summed E-state index contributed by atoms with van der Waals surface area (Å²) in [5.41, 5.74) is 0. The highest BCUT2D eigenvalue weighted by Gasteiger charge is 2.51. The first-order valence-electron chi connectivity index (χ1n) is 26.2. The molecular formula is C52H95NO13. The normalized spacial score (nSPS) is 27.1. The van der Waals surface area contributed by atoms with Crippen molar-refractivity contribution in [3.05, 3.63) is 36.5 Å². The van der Waals surface area contributed by atoms with E-state index in [-0.39, 0.29) is 18.9 Å². The molecule has 0 radical (unpaired) electrons. The van der Waals surface area contributed by atoms with Gasteiger partial charge in [-0.05, 0) is 57.8 Å². The second kappa shape index (κ2) is 39.0. The van der Waals surface area contributed by atoms with Gasteiger partial charge in [-0.2, -0.15) is 0 Å². The number of ether oxygens (including phenoxy) is 4. The standard InChI is InChI=1S/C52H95NO13/c1-3-5-7-9-11-13-15-17-19-20-22-24-26-28-30-32-34-36-44(57)53-40(41(56)35-33-31-29-27-25-23-21-18-16-14-12-10-8-6-4-2)39-63-51-49(62)47(60)50(43(38-55)65-51)66-52-48(61)46(59)45(58)42(37-54)64-52/h17,19,25,27,33,35,40-43,45-52,54-56,58-62H,3-16,18,20-24,26,28-32,34,36-39H2,1-2H3,(H,53,57)/b19-17-,27-25+,35-33+. The summed E-state index contributed by atoms with van der Waals surface area (Å²) in [6, 6.07) is -0.931. The van der Waals surface area contributed by atoms with E-state index in [2.05, 4.69) is 43.5 Å². The molecule has 2 heterocycles. The molecule has 2 saturated heterocycles. The Morgan fingerprint density at radius 3 is 1.48 bits per heavy atom. The van der Waals surface area contributed by atoms with E-state index < -0.39 is 86.8 Å². The van der Waals surface area contributed by atoms with Crippen molar-refractivity contribution in [1.82, 2.24) is 5.32 Å². The minimum atomic E-state index is -1.79. The van der Waals surface area contributed by atoms with E-state index in [0.717, 1.165) is 38.5 Å². The van der Waals surface area contributed by atoms with Gasteiger partial charge in [0.25, 0.3) is 0 Å². The van der Waals surface area contributed by atoms with E-state index in [1.807, 2.05) is 6.08 Å². The van der Waals surface area contributed by atoms with Crippen LogP contribution < -0.4 is 5.32 Å². The summed E-state index contributed by atoms with van der Waals surface area (Å²) in [6.07, 6.45) is 27.5. The molecule has 14 heteroatoms. The molecule has 0 aromatic rings. The second-order valence-electron chi connectivity index (χ2n) is 18.6. The van der Waals surface area contributed by atoms with Gasteiger partial charge in [-0.25, -0.2) is 0 Å². The number of unbranched alkanes of at least 4 members (excludes halogenated alkanes) is 23. The van der Waals surface area contributed by atoms with Crippen molar-refractivity contribution in [3.63, 3.8) is 0 Å². The van der Waals surface area contributed by atoms with Gasteiger partial charge in [0, 0.05) is 6.42 Å². The molecule has 2 aliphatic rings. The van der Waals surface area contributed by atoms with Crippen LogP contribution in [0.1, 0.15) is 194 Å². The molecule has 14 nitrogen and oxygen atoms in total. The van der Waals surface area contributed by atoms with Gasteiger partial charge in [-0.3, -0.25) is 4.79 Å². The van der Waals surface area contributed by atoms with Gasteiger partial charge in [0.2, 0.25) is 5.91 Å². The Morgan fingerprint density at radius 2 is 0.970 bits per heavy atom. The smallest absolute Gasteiger partial charge is 0.220 e. The average Bonchev–Trinajstić information content (AvgIpc) is 3.31. The lowest BCUT2D eigenvalue weighted by Gasteiger charge is -2.46. The molecule has 0 spiro atoms. The summed E-state index contributed by atoms with van der Waals surface area (Å²) in [5.74, 6) is -0.255. The van der Waals surface area contributed by atoms with Gasteiger partial charge in [-0.15, -0.1) is 0 Å². The molecule has 12 unspecified atom stereocenters. The van der Waals surface area contributed by atoms with E-state index in [0.29, 0.717) is 12.8 Å². The highest BCUT2D eigenvalue weighted by atomic mass is 16.7. The molecular weight excluding hydrogens is 847 g/mol. The largest absolute Gasteiger partial charge is 0.394 e. The Kier molecular flexibility index (Phi) is 35.6. The SMILES string of the molecule is CCCCCCCC/C=C\CCCCCCCCCC(=O)NC(COC1OC(CO)C(OC2OC(CO)C(O)C(O)C2O)C(O)C1O)C(O)/C=C/CC/C=C/CCCCCCCCCCC. The number of hydrogen-bond acceptors (Lipinski definition) is 13. The first kappa shape index (κ1) is 60.3. The van der Waals surface area contributed by atoms with Gasteiger partial charge in [0.05, 0.1) is 32.0 Å². The Morgan fingerprint density at radius 1 is 0.530 bits per heavy atom. The minimum absolute atomic E-state index is 0.255. The monoisotopic (exact) mass is 942 g/mol. The Hall–Kier alpha value is -1.79. The Bertz CT molecular complexity index is 1250. The van der Waals surface area contributed by atoms with Gasteiger partial charge in [0.1, 0.15) is 48.8 Å². The molecule has 0 saturated carbocycles. The lowest BCUT2D eigenvalue weighted by atomic mass is 9.97. The first-order valence-corrected chi connectivity index (χ1v) is 26.2. The van der Waals surface area contributed by atoms with E-state index in [9.17, 15) is 45.6 Å². The number of carbonyl (C=O) groups excluding carboxylic acids is 1.